The molecule has 1 atom stereocenters. The first-order valence-electron chi connectivity index (χ1n) is 7.18. The lowest BCUT2D eigenvalue weighted by molar-refractivity contribution is -0.121. The quantitative estimate of drug-likeness (QED) is 0.717. The van der Waals surface area contributed by atoms with Crippen molar-refractivity contribution >= 4 is 34.8 Å². The molecular weight excluding hydrogens is 316 g/mol. The third-order valence-corrected chi connectivity index (χ3v) is 3.91. The molecule has 1 unspecified atom stereocenters. The smallest absolute Gasteiger partial charge is 0.407 e. The van der Waals surface area contributed by atoms with Crippen LogP contribution in [0.4, 0.5) is 4.79 Å². The molecule has 0 aliphatic carbocycles. The van der Waals surface area contributed by atoms with Gasteiger partial charge in [-0.05, 0) is 30.6 Å². The summed E-state index contributed by atoms with van der Waals surface area (Å²) >= 11 is 1.70. The molecule has 124 valence electrons. The number of benzene rings is 1. The van der Waals surface area contributed by atoms with E-state index < -0.39 is 6.09 Å². The average Bonchev–Trinajstić information content (AvgIpc) is 3.00. The van der Waals surface area contributed by atoms with Crippen molar-refractivity contribution in [2.75, 3.05) is 25.7 Å². The summed E-state index contributed by atoms with van der Waals surface area (Å²) in [5.74, 6) is 1.31. The molecule has 0 fully saturated rings. The van der Waals surface area contributed by atoms with Crippen LogP contribution in [0, 0.1) is 0 Å². The molecule has 0 saturated heterocycles. The van der Waals surface area contributed by atoms with Crippen LogP contribution in [0.3, 0.4) is 0 Å². The zero-order valence-corrected chi connectivity index (χ0v) is 13.9. The Morgan fingerprint density at radius 1 is 1.39 bits per heavy atom. The number of methoxy groups -OCH3 is 1. The van der Waals surface area contributed by atoms with Gasteiger partial charge in [-0.25, -0.2) is 9.78 Å². The van der Waals surface area contributed by atoms with Crippen molar-refractivity contribution in [2.24, 2.45) is 0 Å². The SMILES string of the molecule is COC(=O)NCC(=O)NC(CCSC)c1nc2ccccc2[nH]1. The van der Waals surface area contributed by atoms with Gasteiger partial charge in [-0.2, -0.15) is 11.8 Å². The van der Waals surface area contributed by atoms with E-state index in [0.29, 0.717) is 5.82 Å². The van der Waals surface area contributed by atoms with Crippen LogP contribution in [0.1, 0.15) is 18.3 Å². The van der Waals surface area contributed by atoms with E-state index in [0.717, 1.165) is 23.2 Å². The number of thioether (sulfide) groups is 1. The molecule has 0 aliphatic rings. The predicted octanol–water partition coefficient (Wildman–Crippen LogP) is 1.83. The fourth-order valence-corrected chi connectivity index (χ4v) is 2.59. The first-order chi connectivity index (χ1) is 11.1. The zero-order valence-electron chi connectivity index (χ0n) is 13.1. The van der Waals surface area contributed by atoms with Crippen LogP contribution < -0.4 is 10.6 Å². The Balaban J connectivity index is 2.06. The number of carbonyl (C=O) groups excluding carboxylic acids is 2. The van der Waals surface area contributed by atoms with Crippen molar-refractivity contribution in [3.8, 4) is 0 Å². The molecule has 0 saturated carbocycles. The second-order valence-corrected chi connectivity index (χ2v) is 5.87. The normalized spacial score (nSPS) is 11.9. The van der Waals surface area contributed by atoms with Crippen molar-refractivity contribution in [1.29, 1.82) is 0 Å². The molecule has 0 radical (unpaired) electrons. The van der Waals surface area contributed by atoms with Gasteiger partial charge in [0.25, 0.3) is 0 Å². The maximum absolute atomic E-state index is 12.0. The number of ether oxygens (including phenoxy) is 1. The minimum atomic E-state index is -0.635. The number of nitrogens with one attached hydrogen (secondary N) is 3. The zero-order chi connectivity index (χ0) is 16.7. The Kier molecular flexibility index (Phi) is 6.28. The molecule has 23 heavy (non-hydrogen) atoms. The molecule has 0 bridgehead atoms. The van der Waals surface area contributed by atoms with Crippen LogP contribution in [-0.2, 0) is 9.53 Å². The Labute approximate surface area is 138 Å². The van der Waals surface area contributed by atoms with Crippen molar-refractivity contribution in [1.82, 2.24) is 20.6 Å². The van der Waals surface area contributed by atoms with E-state index in [9.17, 15) is 9.59 Å². The first-order valence-corrected chi connectivity index (χ1v) is 8.58. The van der Waals surface area contributed by atoms with Gasteiger partial charge in [0.05, 0.1) is 24.2 Å². The minimum Gasteiger partial charge on any atom is -0.453 e. The highest BCUT2D eigenvalue weighted by Crippen LogP contribution is 2.19. The lowest BCUT2D eigenvalue weighted by Gasteiger charge is -2.16. The highest BCUT2D eigenvalue weighted by molar-refractivity contribution is 7.98. The number of nitrogens with zero attached hydrogens (tertiary/aromatic N) is 1. The summed E-state index contributed by atoms with van der Waals surface area (Å²) in [5, 5.41) is 5.25. The number of alkyl carbamates (subject to hydrolysis) is 1. The number of hydrogen-bond acceptors (Lipinski definition) is 5. The molecule has 0 aliphatic heterocycles. The lowest BCUT2D eigenvalue weighted by Crippen LogP contribution is -2.39. The topological polar surface area (TPSA) is 96.1 Å². The average molecular weight is 336 g/mol. The highest BCUT2D eigenvalue weighted by atomic mass is 32.2. The number of aromatic amines is 1. The van der Waals surface area contributed by atoms with E-state index in [4.69, 9.17) is 0 Å². The summed E-state index contributed by atoms with van der Waals surface area (Å²) in [4.78, 5) is 30.8. The van der Waals surface area contributed by atoms with Crippen molar-refractivity contribution in [2.45, 2.75) is 12.5 Å². The van der Waals surface area contributed by atoms with Crippen molar-refractivity contribution < 1.29 is 14.3 Å². The molecule has 1 aromatic heterocycles. The fourth-order valence-electron chi connectivity index (χ4n) is 2.12. The summed E-state index contributed by atoms with van der Waals surface area (Å²) in [6.45, 7) is -0.136. The molecular formula is C15H20N4O3S. The van der Waals surface area contributed by atoms with E-state index in [-0.39, 0.29) is 18.5 Å². The van der Waals surface area contributed by atoms with Gasteiger partial charge in [-0.3, -0.25) is 4.79 Å². The molecule has 7 nitrogen and oxygen atoms in total. The first kappa shape index (κ1) is 17.1. The predicted molar refractivity (Wildman–Crippen MR) is 90.4 cm³/mol. The van der Waals surface area contributed by atoms with Crippen LogP contribution in [0.15, 0.2) is 24.3 Å². The van der Waals surface area contributed by atoms with Gasteiger partial charge in [0, 0.05) is 0 Å². The molecule has 1 aromatic carbocycles. The number of fused-ring (bicyclic) bond motifs is 1. The number of para-hydroxylation sites is 2. The Morgan fingerprint density at radius 2 is 2.17 bits per heavy atom. The minimum absolute atomic E-state index is 0.136. The third-order valence-electron chi connectivity index (χ3n) is 3.26. The molecule has 8 heteroatoms. The standard InChI is InChI=1S/C15H20N4O3S/c1-22-15(21)16-9-13(20)17-12(7-8-23-2)14-18-10-5-3-4-6-11(10)19-14/h3-6,12H,7-9H2,1-2H3,(H,16,21)(H,17,20)(H,18,19). The second-order valence-electron chi connectivity index (χ2n) is 4.89. The summed E-state index contributed by atoms with van der Waals surface area (Å²) < 4.78 is 4.44. The second kappa shape index (κ2) is 8.42. The van der Waals surface area contributed by atoms with Gasteiger partial charge in [0.1, 0.15) is 12.4 Å². The van der Waals surface area contributed by atoms with Crippen molar-refractivity contribution in [3.05, 3.63) is 30.1 Å². The van der Waals surface area contributed by atoms with Gasteiger partial charge < -0.3 is 20.4 Å². The number of aromatic nitrogens is 2. The Hall–Kier alpha value is -2.22. The lowest BCUT2D eigenvalue weighted by atomic mass is 10.2. The summed E-state index contributed by atoms with van der Waals surface area (Å²) in [6, 6.07) is 7.48. The van der Waals surface area contributed by atoms with Crippen LogP contribution in [0.25, 0.3) is 11.0 Å². The van der Waals surface area contributed by atoms with Crippen molar-refractivity contribution in [3.63, 3.8) is 0 Å². The van der Waals surface area contributed by atoms with Crippen LogP contribution in [0.2, 0.25) is 0 Å². The van der Waals surface area contributed by atoms with Crippen LogP contribution >= 0.6 is 11.8 Å². The largest absolute Gasteiger partial charge is 0.453 e. The summed E-state index contributed by atoms with van der Waals surface area (Å²) in [5.41, 5.74) is 1.79. The fraction of sp³-hybridized carbons (Fsp3) is 0.400. The number of amides is 2. The van der Waals surface area contributed by atoms with Gasteiger partial charge in [0.15, 0.2) is 0 Å². The van der Waals surface area contributed by atoms with E-state index in [1.54, 1.807) is 11.8 Å². The van der Waals surface area contributed by atoms with E-state index in [1.165, 1.54) is 7.11 Å². The molecule has 2 amide bonds. The Bertz CT molecular complexity index is 641. The molecule has 1 heterocycles. The number of hydrogen-bond donors (Lipinski definition) is 3. The molecule has 0 spiro atoms. The Morgan fingerprint density at radius 3 is 2.87 bits per heavy atom. The third kappa shape index (κ3) is 4.88. The van der Waals surface area contributed by atoms with E-state index >= 15 is 0 Å². The molecule has 2 rings (SSSR count). The number of H-pyrrole nitrogens is 1. The number of imidazole rings is 1. The summed E-state index contributed by atoms with van der Waals surface area (Å²) in [6.07, 6.45) is 2.12. The summed E-state index contributed by atoms with van der Waals surface area (Å²) in [7, 11) is 1.25. The highest BCUT2D eigenvalue weighted by Gasteiger charge is 2.18. The van der Waals surface area contributed by atoms with Gasteiger partial charge >= 0.3 is 6.09 Å². The number of carbonyl (C=O) groups is 2. The van der Waals surface area contributed by atoms with Crippen LogP contribution in [0.5, 0.6) is 0 Å². The van der Waals surface area contributed by atoms with E-state index in [1.807, 2.05) is 30.5 Å². The van der Waals surface area contributed by atoms with Gasteiger partial charge in [0.2, 0.25) is 5.91 Å². The molecule has 3 N–H and O–H groups in total. The monoisotopic (exact) mass is 336 g/mol. The molecule has 2 aromatic rings. The number of rotatable bonds is 7. The maximum atomic E-state index is 12.0. The van der Waals surface area contributed by atoms with Gasteiger partial charge in [-0.1, -0.05) is 12.1 Å². The van der Waals surface area contributed by atoms with E-state index in [2.05, 4.69) is 25.3 Å². The van der Waals surface area contributed by atoms with Crippen LogP contribution in [-0.4, -0.2) is 47.6 Å². The maximum Gasteiger partial charge on any atom is 0.407 e. The van der Waals surface area contributed by atoms with Gasteiger partial charge in [-0.15, -0.1) is 0 Å².